The van der Waals surface area contributed by atoms with Gasteiger partial charge in [-0.1, -0.05) is 19.1 Å². The summed E-state index contributed by atoms with van der Waals surface area (Å²) in [7, 11) is 0. The van der Waals surface area contributed by atoms with E-state index in [1.54, 1.807) is 0 Å². The first-order valence-electron chi connectivity index (χ1n) is 9.92. The summed E-state index contributed by atoms with van der Waals surface area (Å²) in [6.45, 7) is 7.62. The average molecular weight is 342 g/mol. The largest absolute Gasteiger partial charge is 0.370 e. The number of rotatable bonds is 3. The molecule has 0 spiro atoms. The number of nitrogens with one attached hydrogen (secondary N) is 1. The Morgan fingerprint density at radius 1 is 1.08 bits per heavy atom. The minimum Gasteiger partial charge on any atom is -0.370 e. The zero-order chi connectivity index (χ0) is 17.2. The third kappa shape index (κ3) is 3.34. The molecule has 0 saturated carbocycles. The first kappa shape index (κ1) is 16.7. The Morgan fingerprint density at radius 3 is 2.64 bits per heavy atom. The molecule has 2 atom stereocenters. The van der Waals surface area contributed by atoms with Gasteiger partial charge in [0.25, 0.3) is 0 Å². The average Bonchev–Trinajstić information content (AvgIpc) is 3.23. The van der Waals surface area contributed by atoms with Gasteiger partial charge in [-0.25, -0.2) is 4.79 Å². The first-order chi connectivity index (χ1) is 12.3. The number of likely N-dealkylation sites (tertiary alicyclic amines) is 1. The van der Waals surface area contributed by atoms with Crippen LogP contribution in [0.1, 0.15) is 39.0 Å². The van der Waals surface area contributed by atoms with E-state index < -0.39 is 0 Å². The van der Waals surface area contributed by atoms with Gasteiger partial charge >= 0.3 is 6.03 Å². The number of para-hydroxylation sites is 2. The maximum Gasteiger partial charge on any atom is 0.322 e. The molecule has 3 saturated heterocycles. The van der Waals surface area contributed by atoms with Gasteiger partial charge in [0.15, 0.2) is 0 Å². The molecule has 25 heavy (non-hydrogen) atoms. The Bertz CT molecular complexity index is 613. The van der Waals surface area contributed by atoms with Crippen molar-refractivity contribution in [2.45, 2.75) is 51.1 Å². The molecule has 0 aromatic heterocycles. The smallest absolute Gasteiger partial charge is 0.322 e. The molecule has 5 heteroatoms. The monoisotopic (exact) mass is 342 g/mol. The van der Waals surface area contributed by atoms with Crippen LogP contribution in [0.5, 0.6) is 0 Å². The van der Waals surface area contributed by atoms with Crippen LogP contribution in [0.3, 0.4) is 0 Å². The Balaban J connectivity index is 1.51. The maximum atomic E-state index is 13.1. The van der Waals surface area contributed by atoms with Crippen LogP contribution in [-0.2, 0) is 0 Å². The summed E-state index contributed by atoms with van der Waals surface area (Å²) in [5.41, 5.74) is 2.14. The number of carbonyl (C=O) groups is 1. The van der Waals surface area contributed by atoms with E-state index in [-0.39, 0.29) is 6.03 Å². The van der Waals surface area contributed by atoms with Gasteiger partial charge in [0, 0.05) is 38.3 Å². The van der Waals surface area contributed by atoms with Crippen LogP contribution in [0.2, 0.25) is 0 Å². The van der Waals surface area contributed by atoms with Crippen molar-refractivity contribution in [3.05, 3.63) is 24.3 Å². The first-order valence-corrected chi connectivity index (χ1v) is 9.92. The van der Waals surface area contributed by atoms with Crippen molar-refractivity contribution in [3.8, 4) is 0 Å². The van der Waals surface area contributed by atoms with E-state index >= 15 is 0 Å². The number of hydrogen-bond donors (Lipinski definition) is 1. The van der Waals surface area contributed by atoms with Crippen molar-refractivity contribution in [3.63, 3.8) is 0 Å². The van der Waals surface area contributed by atoms with E-state index in [0.717, 1.165) is 57.7 Å². The summed E-state index contributed by atoms with van der Waals surface area (Å²) in [5, 5.41) is 3.25. The van der Waals surface area contributed by atoms with Crippen molar-refractivity contribution >= 4 is 17.4 Å². The molecule has 1 N–H and O–H groups in total. The molecular weight excluding hydrogens is 312 g/mol. The molecule has 2 unspecified atom stereocenters. The standard InChI is InChI=1S/C20H30N4O/c1-2-22-14-11-16-9-10-17(15-22)24(16)20(25)21-18-7-3-4-8-19(18)23-12-5-6-13-23/h3-4,7-8,16-17H,2,5-6,9-15H2,1H3,(H,21,25). The zero-order valence-electron chi connectivity index (χ0n) is 15.3. The van der Waals surface area contributed by atoms with E-state index in [1.807, 2.05) is 12.1 Å². The second-order valence-electron chi connectivity index (χ2n) is 7.62. The SMILES string of the molecule is CCN1CCC2CCC(C1)N2C(=O)Nc1ccccc1N1CCCC1. The van der Waals surface area contributed by atoms with E-state index in [9.17, 15) is 4.79 Å². The number of likely N-dealkylation sites (N-methyl/N-ethyl adjacent to an activating group) is 1. The highest BCUT2D eigenvalue weighted by molar-refractivity contribution is 5.93. The zero-order valence-corrected chi connectivity index (χ0v) is 15.3. The molecular formula is C20H30N4O. The number of fused-ring (bicyclic) bond motifs is 2. The molecule has 0 radical (unpaired) electrons. The van der Waals surface area contributed by atoms with E-state index in [4.69, 9.17) is 0 Å². The van der Waals surface area contributed by atoms with Crippen molar-refractivity contribution < 1.29 is 4.79 Å². The predicted molar refractivity (Wildman–Crippen MR) is 102 cm³/mol. The number of carbonyl (C=O) groups excluding carboxylic acids is 1. The molecule has 2 bridgehead atoms. The Hall–Kier alpha value is -1.75. The number of nitrogens with zero attached hydrogens (tertiary/aromatic N) is 3. The van der Waals surface area contributed by atoms with Crippen LogP contribution >= 0.6 is 0 Å². The molecule has 1 aromatic carbocycles. The Labute approximate surface area is 151 Å². The summed E-state index contributed by atoms with van der Waals surface area (Å²) >= 11 is 0. The van der Waals surface area contributed by atoms with Crippen molar-refractivity contribution in [1.82, 2.24) is 9.80 Å². The lowest BCUT2D eigenvalue weighted by Gasteiger charge is -2.30. The lowest BCUT2D eigenvalue weighted by atomic mass is 10.1. The lowest BCUT2D eigenvalue weighted by molar-refractivity contribution is 0.184. The quantitative estimate of drug-likeness (QED) is 0.915. The molecule has 3 aliphatic rings. The topological polar surface area (TPSA) is 38.8 Å². The van der Waals surface area contributed by atoms with Crippen LogP contribution in [-0.4, -0.2) is 60.6 Å². The highest BCUT2D eigenvalue weighted by atomic mass is 16.2. The molecule has 0 aliphatic carbocycles. The summed E-state index contributed by atoms with van der Waals surface area (Å²) in [6.07, 6.45) is 5.88. The molecule has 5 nitrogen and oxygen atoms in total. The third-order valence-corrected chi connectivity index (χ3v) is 6.14. The van der Waals surface area contributed by atoms with Gasteiger partial charge in [0.1, 0.15) is 0 Å². The summed E-state index contributed by atoms with van der Waals surface area (Å²) < 4.78 is 0. The van der Waals surface area contributed by atoms with Gasteiger partial charge in [-0.05, 0) is 50.8 Å². The van der Waals surface area contributed by atoms with Crippen LogP contribution < -0.4 is 10.2 Å². The van der Waals surface area contributed by atoms with Gasteiger partial charge in [-0.2, -0.15) is 0 Å². The molecule has 3 aliphatic heterocycles. The van der Waals surface area contributed by atoms with Crippen LogP contribution in [0.25, 0.3) is 0 Å². The van der Waals surface area contributed by atoms with Crippen molar-refractivity contribution in [2.75, 3.05) is 42.9 Å². The molecule has 2 amide bonds. The lowest BCUT2D eigenvalue weighted by Crippen LogP contribution is -2.45. The highest BCUT2D eigenvalue weighted by Crippen LogP contribution is 2.33. The number of benzene rings is 1. The van der Waals surface area contributed by atoms with Crippen LogP contribution in [0, 0.1) is 0 Å². The van der Waals surface area contributed by atoms with Gasteiger partial charge in [-0.15, -0.1) is 0 Å². The number of amides is 2. The van der Waals surface area contributed by atoms with Gasteiger partial charge in [-0.3, -0.25) is 0 Å². The van der Waals surface area contributed by atoms with E-state index in [2.05, 4.69) is 39.1 Å². The molecule has 136 valence electrons. The Kier molecular flexibility index (Phi) is 4.84. The minimum atomic E-state index is 0.0945. The highest BCUT2D eigenvalue weighted by Gasteiger charge is 2.40. The Morgan fingerprint density at radius 2 is 1.84 bits per heavy atom. The third-order valence-electron chi connectivity index (χ3n) is 6.14. The normalized spacial score (nSPS) is 26.8. The number of hydrogen-bond acceptors (Lipinski definition) is 3. The van der Waals surface area contributed by atoms with Crippen molar-refractivity contribution in [2.24, 2.45) is 0 Å². The fourth-order valence-electron chi connectivity index (χ4n) is 4.76. The van der Waals surface area contributed by atoms with Crippen molar-refractivity contribution in [1.29, 1.82) is 0 Å². The number of anilines is 2. The fourth-order valence-corrected chi connectivity index (χ4v) is 4.76. The van der Waals surface area contributed by atoms with E-state index in [1.165, 1.54) is 18.5 Å². The summed E-state index contributed by atoms with van der Waals surface area (Å²) in [5.74, 6) is 0. The predicted octanol–water partition coefficient (Wildman–Crippen LogP) is 3.38. The van der Waals surface area contributed by atoms with Gasteiger partial charge in [0.05, 0.1) is 11.4 Å². The van der Waals surface area contributed by atoms with Crippen LogP contribution in [0.4, 0.5) is 16.2 Å². The molecule has 3 fully saturated rings. The molecule has 3 heterocycles. The summed E-state index contributed by atoms with van der Waals surface area (Å²) in [6, 6.07) is 9.13. The van der Waals surface area contributed by atoms with E-state index in [0.29, 0.717) is 12.1 Å². The van der Waals surface area contributed by atoms with Gasteiger partial charge in [0.2, 0.25) is 0 Å². The summed E-state index contributed by atoms with van der Waals surface area (Å²) in [4.78, 5) is 20.2. The molecule has 4 rings (SSSR count). The number of urea groups is 1. The second-order valence-corrected chi connectivity index (χ2v) is 7.62. The van der Waals surface area contributed by atoms with Gasteiger partial charge < -0.3 is 20.0 Å². The second kappa shape index (κ2) is 7.24. The minimum absolute atomic E-state index is 0.0945. The fraction of sp³-hybridized carbons (Fsp3) is 0.650. The molecule has 1 aromatic rings. The van der Waals surface area contributed by atoms with Crippen LogP contribution in [0.15, 0.2) is 24.3 Å². The maximum absolute atomic E-state index is 13.1.